The van der Waals surface area contributed by atoms with Crippen LogP contribution < -0.4 is 5.43 Å². The van der Waals surface area contributed by atoms with Gasteiger partial charge in [0.2, 0.25) is 5.17 Å². The molecule has 0 aromatic heterocycles. The van der Waals surface area contributed by atoms with Crippen LogP contribution in [0.5, 0.6) is 0 Å². The molecule has 108 valence electrons. The summed E-state index contributed by atoms with van der Waals surface area (Å²) in [5.41, 5.74) is 3.58. The van der Waals surface area contributed by atoms with Gasteiger partial charge in [-0.25, -0.2) is 9.59 Å². The van der Waals surface area contributed by atoms with Crippen LogP contribution in [-0.2, 0) is 14.3 Å². The van der Waals surface area contributed by atoms with E-state index in [0.29, 0.717) is 17.9 Å². The molecule has 7 heteroatoms. The van der Waals surface area contributed by atoms with E-state index in [-0.39, 0.29) is 11.8 Å². The van der Waals surface area contributed by atoms with Crippen LogP contribution >= 0.6 is 11.6 Å². The molecule has 0 amide bonds. The topological polar surface area (TPSA) is 77.0 Å². The lowest BCUT2D eigenvalue weighted by molar-refractivity contribution is -0.134. The third-order valence-electron chi connectivity index (χ3n) is 2.12. The van der Waals surface area contributed by atoms with Crippen LogP contribution in [-0.4, -0.2) is 30.3 Å². The van der Waals surface area contributed by atoms with Crippen molar-refractivity contribution in [1.29, 1.82) is 0 Å². The zero-order valence-corrected chi connectivity index (χ0v) is 11.9. The first kappa shape index (κ1) is 16.0. The second-order valence-electron chi connectivity index (χ2n) is 3.53. The third-order valence-corrected chi connectivity index (χ3v) is 2.36. The van der Waals surface area contributed by atoms with Gasteiger partial charge in [0, 0.05) is 0 Å². The van der Waals surface area contributed by atoms with E-state index in [4.69, 9.17) is 16.3 Å². The number of hydrogen-bond acceptors (Lipinski definition) is 6. The summed E-state index contributed by atoms with van der Waals surface area (Å²) >= 11 is 5.62. The van der Waals surface area contributed by atoms with Gasteiger partial charge in [0.05, 0.1) is 24.5 Å². The van der Waals surface area contributed by atoms with Crippen LogP contribution in [0.25, 0.3) is 0 Å². The predicted octanol–water partition coefficient (Wildman–Crippen LogP) is 2.39. The first-order chi connectivity index (χ1) is 9.58. The minimum Gasteiger partial charge on any atom is -0.462 e. The van der Waals surface area contributed by atoms with Gasteiger partial charge in [0.15, 0.2) is 0 Å². The summed E-state index contributed by atoms with van der Waals surface area (Å²) in [6.45, 7) is 3.95. The molecule has 0 aliphatic carbocycles. The highest BCUT2D eigenvalue weighted by Gasteiger charge is 2.09. The first-order valence-corrected chi connectivity index (χ1v) is 6.39. The smallest absolute Gasteiger partial charge is 0.370 e. The highest BCUT2D eigenvalue weighted by atomic mass is 35.5. The lowest BCUT2D eigenvalue weighted by Crippen LogP contribution is -2.13. The second kappa shape index (κ2) is 8.16. The summed E-state index contributed by atoms with van der Waals surface area (Å²) < 4.78 is 9.52. The van der Waals surface area contributed by atoms with E-state index in [2.05, 4.69) is 15.3 Å². The van der Waals surface area contributed by atoms with Crippen molar-refractivity contribution in [3.63, 3.8) is 0 Å². The number of carbonyl (C=O) groups is 2. The van der Waals surface area contributed by atoms with Crippen molar-refractivity contribution in [3.05, 3.63) is 29.8 Å². The molecular formula is C13H15ClN2O4. The molecule has 1 rings (SSSR count). The molecule has 0 heterocycles. The average molecular weight is 299 g/mol. The molecule has 0 aliphatic heterocycles. The summed E-state index contributed by atoms with van der Waals surface area (Å²) in [6.07, 6.45) is 0. The zero-order chi connectivity index (χ0) is 15.0. The summed E-state index contributed by atoms with van der Waals surface area (Å²) in [5.74, 6) is -1.10. The molecule has 1 aromatic carbocycles. The molecule has 0 unspecified atom stereocenters. The Morgan fingerprint density at radius 1 is 1.15 bits per heavy atom. The monoisotopic (exact) mass is 298 g/mol. The minimum atomic E-state index is -0.704. The number of nitrogens with one attached hydrogen (secondary N) is 1. The SMILES string of the molecule is CCOC(=O)/C(Cl)=N\Nc1ccc(C(=O)OCC)cc1. The number of rotatable bonds is 6. The molecule has 20 heavy (non-hydrogen) atoms. The number of ether oxygens (including phenoxy) is 2. The molecule has 0 radical (unpaired) electrons. The summed E-state index contributed by atoms with van der Waals surface area (Å²) in [5, 5.41) is 3.36. The number of benzene rings is 1. The Morgan fingerprint density at radius 2 is 1.75 bits per heavy atom. The van der Waals surface area contributed by atoms with Crippen LogP contribution in [0.4, 0.5) is 5.69 Å². The van der Waals surface area contributed by atoms with Crippen LogP contribution in [0.15, 0.2) is 29.4 Å². The van der Waals surface area contributed by atoms with E-state index in [1.165, 1.54) is 0 Å². The van der Waals surface area contributed by atoms with Gasteiger partial charge in [-0.1, -0.05) is 11.6 Å². The number of hydrogen-bond donors (Lipinski definition) is 1. The maximum absolute atomic E-state index is 11.4. The van der Waals surface area contributed by atoms with Crippen molar-refractivity contribution in [3.8, 4) is 0 Å². The van der Waals surface area contributed by atoms with E-state index < -0.39 is 11.9 Å². The molecule has 0 spiro atoms. The van der Waals surface area contributed by atoms with Crippen LogP contribution in [0.2, 0.25) is 0 Å². The van der Waals surface area contributed by atoms with Crippen molar-refractivity contribution < 1.29 is 19.1 Å². The Labute approximate surface area is 121 Å². The normalized spacial score (nSPS) is 10.8. The maximum atomic E-state index is 11.4. The molecule has 0 saturated carbocycles. The quantitative estimate of drug-likeness (QED) is 0.496. The van der Waals surface area contributed by atoms with Crippen LogP contribution in [0, 0.1) is 0 Å². The Hall–Kier alpha value is -2.08. The Bertz CT molecular complexity index is 500. The van der Waals surface area contributed by atoms with Gasteiger partial charge in [-0.15, -0.1) is 0 Å². The van der Waals surface area contributed by atoms with Gasteiger partial charge in [-0.3, -0.25) is 5.43 Å². The highest BCUT2D eigenvalue weighted by Crippen LogP contribution is 2.11. The lowest BCUT2D eigenvalue weighted by atomic mass is 10.2. The van der Waals surface area contributed by atoms with E-state index in [1.54, 1.807) is 38.1 Å². The predicted molar refractivity (Wildman–Crippen MR) is 75.9 cm³/mol. The highest BCUT2D eigenvalue weighted by molar-refractivity contribution is 6.82. The fourth-order valence-corrected chi connectivity index (χ4v) is 1.34. The Balaban J connectivity index is 2.64. The molecule has 1 N–H and O–H groups in total. The van der Waals surface area contributed by atoms with Gasteiger partial charge in [-0.2, -0.15) is 5.10 Å². The molecule has 1 aromatic rings. The molecule has 0 saturated heterocycles. The summed E-state index contributed by atoms with van der Waals surface area (Å²) in [7, 11) is 0. The van der Waals surface area contributed by atoms with E-state index in [1.807, 2.05) is 0 Å². The van der Waals surface area contributed by atoms with E-state index in [0.717, 1.165) is 0 Å². The van der Waals surface area contributed by atoms with Crippen LogP contribution in [0.1, 0.15) is 24.2 Å². The lowest BCUT2D eigenvalue weighted by Gasteiger charge is -2.04. The van der Waals surface area contributed by atoms with Crippen molar-refractivity contribution >= 4 is 34.4 Å². The van der Waals surface area contributed by atoms with E-state index in [9.17, 15) is 9.59 Å². The number of hydrazone groups is 1. The van der Waals surface area contributed by atoms with Crippen molar-refractivity contribution in [2.75, 3.05) is 18.6 Å². The average Bonchev–Trinajstić information content (AvgIpc) is 2.45. The summed E-state index contributed by atoms with van der Waals surface area (Å²) in [6, 6.07) is 6.39. The standard InChI is InChI=1S/C13H15ClN2O4/c1-3-19-12(17)9-5-7-10(8-6-9)15-16-11(14)13(18)20-4-2/h5-8,15H,3-4H2,1-2H3/b16-11+. The van der Waals surface area contributed by atoms with Gasteiger partial charge < -0.3 is 9.47 Å². The molecule has 0 fully saturated rings. The van der Waals surface area contributed by atoms with Crippen molar-refractivity contribution in [2.45, 2.75) is 13.8 Å². The molecular weight excluding hydrogens is 284 g/mol. The van der Waals surface area contributed by atoms with Gasteiger partial charge >= 0.3 is 11.9 Å². The van der Waals surface area contributed by atoms with Gasteiger partial charge in [0.1, 0.15) is 0 Å². The van der Waals surface area contributed by atoms with Crippen LogP contribution in [0.3, 0.4) is 0 Å². The maximum Gasteiger partial charge on any atom is 0.370 e. The van der Waals surface area contributed by atoms with Crippen molar-refractivity contribution in [1.82, 2.24) is 0 Å². The first-order valence-electron chi connectivity index (χ1n) is 6.02. The number of anilines is 1. The van der Waals surface area contributed by atoms with Gasteiger partial charge in [-0.05, 0) is 38.1 Å². The Morgan fingerprint density at radius 3 is 2.30 bits per heavy atom. The number of nitrogens with zero attached hydrogens (tertiary/aromatic N) is 1. The number of esters is 2. The fourth-order valence-electron chi connectivity index (χ4n) is 1.25. The zero-order valence-electron chi connectivity index (χ0n) is 11.2. The van der Waals surface area contributed by atoms with E-state index >= 15 is 0 Å². The number of carbonyl (C=O) groups excluding carboxylic acids is 2. The fraction of sp³-hybridized carbons (Fsp3) is 0.308. The number of halogens is 1. The minimum absolute atomic E-state index is 0.221. The molecule has 0 bridgehead atoms. The van der Waals surface area contributed by atoms with Crippen molar-refractivity contribution in [2.24, 2.45) is 5.10 Å². The largest absolute Gasteiger partial charge is 0.462 e. The molecule has 0 aliphatic rings. The second-order valence-corrected chi connectivity index (χ2v) is 3.89. The summed E-state index contributed by atoms with van der Waals surface area (Å²) in [4.78, 5) is 22.6. The Kier molecular flexibility index (Phi) is 6.52. The van der Waals surface area contributed by atoms with Gasteiger partial charge in [0.25, 0.3) is 0 Å². The third kappa shape index (κ3) is 4.89. The molecule has 6 nitrogen and oxygen atoms in total. The molecule has 0 atom stereocenters.